The molecule has 0 bridgehead atoms. The summed E-state index contributed by atoms with van der Waals surface area (Å²) in [7, 11) is 0. The van der Waals surface area contributed by atoms with Gasteiger partial charge in [-0.25, -0.2) is 0 Å². The topological polar surface area (TPSA) is 71.8 Å². The van der Waals surface area contributed by atoms with E-state index in [1.165, 1.54) is 24.5 Å². The monoisotopic (exact) mass is 396 g/mol. The first-order valence-corrected chi connectivity index (χ1v) is 8.76. The summed E-state index contributed by atoms with van der Waals surface area (Å²) >= 11 is 0. The van der Waals surface area contributed by atoms with Crippen molar-refractivity contribution in [2.24, 2.45) is 0 Å². The van der Waals surface area contributed by atoms with Crippen LogP contribution in [0, 0.1) is 0 Å². The molecule has 0 spiro atoms. The lowest BCUT2D eigenvalue weighted by Gasteiger charge is -2.31. The Morgan fingerprint density at radius 1 is 1.14 bits per heavy atom. The van der Waals surface area contributed by atoms with Gasteiger partial charge in [-0.2, -0.15) is 13.2 Å². The van der Waals surface area contributed by atoms with Crippen LogP contribution in [-0.4, -0.2) is 42.5 Å². The van der Waals surface area contributed by atoms with Crippen molar-refractivity contribution in [1.29, 1.82) is 0 Å². The van der Waals surface area contributed by atoms with Crippen molar-refractivity contribution in [1.82, 2.24) is 10.2 Å². The fourth-order valence-corrected chi connectivity index (χ4v) is 3.02. The molecule has 1 aliphatic rings. The molecule has 1 aromatic heterocycles. The highest BCUT2D eigenvalue weighted by Crippen LogP contribution is 2.35. The molecule has 1 aromatic carbocycles. The molecule has 150 valence electrons. The predicted octanol–water partition coefficient (Wildman–Crippen LogP) is 3.10. The zero-order valence-electron chi connectivity index (χ0n) is 14.9. The Hall–Kier alpha value is -2.97. The molecule has 1 N–H and O–H groups in total. The SMILES string of the molecule is O=C(COc1ccccc1C(F)(F)F)NC1CCN(C(=O)c2ccco2)CC1. The summed E-state index contributed by atoms with van der Waals surface area (Å²) in [5.41, 5.74) is -0.924. The van der Waals surface area contributed by atoms with Gasteiger partial charge in [0.15, 0.2) is 12.4 Å². The molecule has 1 fully saturated rings. The van der Waals surface area contributed by atoms with Crippen LogP contribution in [0.3, 0.4) is 0 Å². The number of rotatable bonds is 5. The molecule has 2 heterocycles. The second-order valence-corrected chi connectivity index (χ2v) is 6.39. The van der Waals surface area contributed by atoms with Gasteiger partial charge >= 0.3 is 6.18 Å². The first kappa shape index (κ1) is 19.8. The number of benzene rings is 1. The minimum absolute atomic E-state index is 0.172. The lowest BCUT2D eigenvalue weighted by Crippen LogP contribution is -2.47. The van der Waals surface area contributed by atoms with Gasteiger partial charge in [-0.15, -0.1) is 0 Å². The van der Waals surface area contributed by atoms with Crippen molar-refractivity contribution in [2.75, 3.05) is 19.7 Å². The summed E-state index contributed by atoms with van der Waals surface area (Å²) in [6, 6.07) is 7.80. The summed E-state index contributed by atoms with van der Waals surface area (Å²) in [6.45, 7) is 0.378. The number of nitrogens with one attached hydrogen (secondary N) is 1. The number of piperidine rings is 1. The molecule has 0 atom stereocenters. The van der Waals surface area contributed by atoms with E-state index in [1.807, 2.05) is 0 Å². The lowest BCUT2D eigenvalue weighted by molar-refractivity contribution is -0.139. The number of carbonyl (C=O) groups excluding carboxylic acids is 2. The molecule has 0 unspecified atom stereocenters. The maximum Gasteiger partial charge on any atom is 0.419 e. The van der Waals surface area contributed by atoms with Crippen molar-refractivity contribution < 1.29 is 31.9 Å². The predicted molar refractivity (Wildman–Crippen MR) is 92.7 cm³/mol. The largest absolute Gasteiger partial charge is 0.483 e. The second kappa shape index (κ2) is 8.37. The van der Waals surface area contributed by atoms with Crippen molar-refractivity contribution in [3.05, 3.63) is 54.0 Å². The molecule has 0 radical (unpaired) electrons. The molecule has 1 saturated heterocycles. The normalized spacial score (nSPS) is 15.3. The maximum atomic E-state index is 12.9. The molecule has 9 heteroatoms. The number of furan rings is 1. The number of carbonyl (C=O) groups is 2. The molecule has 2 amide bonds. The fourth-order valence-electron chi connectivity index (χ4n) is 3.02. The highest BCUT2D eigenvalue weighted by Gasteiger charge is 2.34. The van der Waals surface area contributed by atoms with Crippen LogP contribution in [0.2, 0.25) is 0 Å². The van der Waals surface area contributed by atoms with E-state index in [-0.39, 0.29) is 23.5 Å². The molecule has 3 rings (SSSR count). The van der Waals surface area contributed by atoms with Crippen LogP contribution in [0.5, 0.6) is 5.75 Å². The lowest BCUT2D eigenvalue weighted by atomic mass is 10.0. The molecule has 28 heavy (non-hydrogen) atoms. The van der Waals surface area contributed by atoms with Crippen molar-refractivity contribution in [3.63, 3.8) is 0 Å². The summed E-state index contributed by atoms with van der Waals surface area (Å²) in [5.74, 6) is -0.835. The van der Waals surface area contributed by atoms with Gasteiger partial charge in [-0.1, -0.05) is 12.1 Å². The van der Waals surface area contributed by atoms with Crippen molar-refractivity contribution in [2.45, 2.75) is 25.1 Å². The Balaban J connectivity index is 1.46. The van der Waals surface area contributed by atoms with E-state index < -0.39 is 24.3 Å². The average Bonchev–Trinajstić information content (AvgIpc) is 3.21. The Morgan fingerprint density at radius 3 is 2.50 bits per heavy atom. The Morgan fingerprint density at radius 2 is 1.86 bits per heavy atom. The van der Waals surface area contributed by atoms with Crippen LogP contribution in [-0.2, 0) is 11.0 Å². The number of hydrogen-bond donors (Lipinski definition) is 1. The van der Waals surface area contributed by atoms with Gasteiger partial charge in [-0.3, -0.25) is 9.59 Å². The minimum Gasteiger partial charge on any atom is -0.483 e. The standard InChI is InChI=1S/C19H19F3N2O4/c20-19(21,22)14-4-1-2-5-15(14)28-12-17(25)23-13-7-9-24(10-8-13)18(26)16-6-3-11-27-16/h1-6,11,13H,7-10,12H2,(H,23,25). The Bertz CT molecular complexity index is 813. The maximum absolute atomic E-state index is 12.9. The summed E-state index contributed by atoms with van der Waals surface area (Å²) in [6.07, 6.45) is -2.05. The number of amides is 2. The van der Waals surface area contributed by atoms with Gasteiger partial charge in [0.2, 0.25) is 0 Å². The van der Waals surface area contributed by atoms with Crippen LogP contribution < -0.4 is 10.1 Å². The number of ether oxygens (including phenoxy) is 1. The van der Waals surface area contributed by atoms with Gasteiger partial charge < -0.3 is 19.4 Å². The first-order chi connectivity index (χ1) is 13.3. The molecule has 0 saturated carbocycles. The Labute approximate surface area is 159 Å². The van der Waals surface area contributed by atoms with Gasteiger partial charge in [-0.05, 0) is 37.1 Å². The quantitative estimate of drug-likeness (QED) is 0.843. The number of para-hydroxylation sites is 1. The van der Waals surface area contributed by atoms with E-state index in [0.717, 1.165) is 6.07 Å². The van der Waals surface area contributed by atoms with Crippen LogP contribution >= 0.6 is 0 Å². The van der Waals surface area contributed by atoms with E-state index in [0.29, 0.717) is 25.9 Å². The second-order valence-electron chi connectivity index (χ2n) is 6.39. The smallest absolute Gasteiger partial charge is 0.419 e. The third-order valence-electron chi connectivity index (χ3n) is 4.43. The molecular weight excluding hydrogens is 377 g/mol. The van der Waals surface area contributed by atoms with Crippen LogP contribution in [0.15, 0.2) is 47.1 Å². The van der Waals surface area contributed by atoms with E-state index in [9.17, 15) is 22.8 Å². The van der Waals surface area contributed by atoms with E-state index in [2.05, 4.69) is 5.32 Å². The third kappa shape index (κ3) is 4.85. The molecule has 6 nitrogen and oxygen atoms in total. The number of halogens is 3. The number of hydrogen-bond acceptors (Lipinski definition) is 4. The van der Waals surface area contributed by atoms with Gasteiger partial charge in [0.05, 0.1) is 11.8 Å². The summed E-state index contributed by atoms with van der Waals surface area (Å²) in [4.78, 5) is 25.9. The molecule has 2 aromatic rings. The van der Waals surface area contributed by atoms with Gasteiger partial charge in [0.1, 0.15) is 5.75 Å². The van der Waals surface area contributed by atoms with E-state index in [1.54, 1.807) is 17.0 Å². The molecule has 0 aliphatic carbocycles. The van der Waals surface area contributed by atoms with Crippen molar-refractivity contribution >= 4 is 11.8 Å². The zero-order chi connectivity index (χ0) is 20.1. The molecule has 1 aliphatic heterocycles. The zero-order valence-corrected chi connectivity index (χ0v) is 14.9. The highest BCUT2D eigenvalue weighted by molar-refractivity contribution is 5.91. The summed E-state index contributed by atoms with van der Waals surface area (Å²) < 4.78 is 48.9. The third-order valence-corrected chi connectivity index (χ3v) is 4.43. The van der Waals surface area contributed by atoms with Crippen LogP contribution in [0.25, 0.3) is 0 Å². The summed E-state index contributed by atoms with van der Waals surface area (Å²) in [5, 5.41) is 2.73. The molecular formula is C19H19F3N2O4. The number of nitrogens with zero attached hydrogens (tertiary/aromatic N) is 1. The van der Waals surface area contributed by atoms with Crippen LogP contribution in [0.1, 0.15) is 29.0 Å². The first-order valence-electron chi connectivity index (χ1n) is 8.76. The van der Waals surface area contributed by atoms with Gasteiger partial charge in [0, 0.05) is 19.1 Å². The Kier molecular flexibility index (Phi) is 5.91. The fraction of sp³-hybridized carbons (Fsp3) is 0.368. The average molecular weight is 396 g/mol. The van der Waals surface area contributed by atoms with Crippen LogP contribution in [0.4, 0.5) is 13.2 Å². The van der Waals surface area contributed by atoms with E-state index >= 15 is 0 Å². The van der Waals surface area contributed by atoms with Gasteiger partial charge in [0.25, 0.3) is 11.8 Å². The minimum atomic E-state index is -4.56. The van der Waals surface area contributed by atoms with E-state index in [4.69, 9.17) is 9.15 Å². The number of likely N-dealkylation sites (tertiary alicyclic amines) is 1. The highest BCUT2D eigenvalue weighted by atomic mass is 19.4. The van der Waals surface area contributed by atoms with Crippen molar-refractivity contribution in [3.8, 4) is 5.75 Å². The number of alkyl halides is 3.